The van der Waals surface area contributed by atoms with E-state index in [1.165, 1.54) is 30.4 Å². The molecule has 6 rings (SSSR count). The van der Waals surface area contributed by atoms with Crippen LogP contribution >= 0.6 is 0 Å². The monoisotopic (exact) mass is 624 g/mol. The normalized spacial score (nSPS) is 38.2. The number of rotatable bonds is 7. The SMILES string of the molecule is CC1=C2CC3C(CC=C4CC(O)CCC43C)C2CCC(C)C2C(CC(C)CN2CCNS(=O)(=O)CCc2ccccc2)OC1. The van der Waals surface area contributed by atoms with E-state index in [4.69, 9.17) is 4.74 Å². The van der Waals surface area contributed by atoms with Crippen molar-refractivity contribution in [1.29, 1.82) is 0 Å². The summed E-state index contributed by atoms with van der Waals surface area (Å²) in [5, 5.41) is 10.4. The number of fused-ring (bicyclic) bond motifs is 6. The first-order valence-electron chi connectivity index (χ1n) is 17.5. The first-order chi connectivity index (χ1) is 21.0. The van der Waals surface area contributed by atoms with Crippen molar-refractivity contribution in [3.63, 3.8) is 0 Å². The molecule has 0 spiro atoms. The van der Waals surface area contributed by atoms with E-state index in [-0.39, 0.29) is 23.4 Å². The van der Waals surface area contributed by atoms with Crippen LogP contribution < -0.4 is 4.72 Å². The third kappa shape index (κ3) is 6.78. The van der Waals surface area contributed by atoms with Crippen LogP contribution in [0.2, 0.25) is 0 Å². The van der Waals surface area contributed by atoms with Crippen molar-refractivity contribution in [2.24, 2.45) is 35.0 Å². The lowest BCUT2D eigenvalue weighted by Gasteiger charge is -2.49. The topological polar surface area (TPSA) is 78.9 Å². The summed E-state index contributed by atoms with van der Waals surface area (Å²) < 4.78 is 35.5. The number of aliphatic hydroxyl groups excluding tert-OH is 1. The van der Waals surface area contributed by atoms with Crippen LogP contribution in [0.5, 0.6) is 0 Å². The van der Waals surface area contributed by atoms with Crippen LogP contribution in [-0.2, 0) is 21.2 Å². The van der Waals surface area contributed by atoms with Crippen molar-refractivity contribution in [2.45, 2.75) is 104 Å². The van der Waals surface area contributed by atoms with Gasteiger partial charge in [-0.2, -0.15) is 0 Å². The van der Waals surface area contributed by atoms with Crippen LogP contribution in [0.1, 0.15) is 84.6 Å². The summed E-state index contributed by atoms with van der Waals surface area (Å²) in [5.74, 6) is 3.11. The molecular weight excluding hydrogens is 568 g/mol. The molecule has 244 valence electrons. The molecule has 0 aromatic heterocycles. The number of nitrogens with zero attached hydrogens (tertiary/aromatic N) is 1. The summed E-state index contributed by atoms with van der Waals surface area (Å²) in [6.45, 7) is 12.4. The smallest absolute Gasteiger partial charge is 0.211 e. The highest BCUT2D eigenvalue weighted by atomic mass is 32.2. The number of benzene rings is 1. The summed E-state index contributed by atoms with van der Waals surface area (Å²) in [6.07, 6.45) is 11.8. The Morgan fingerprint density at radius 3 is 2.70 bits per heavy atom. The molecule has 1 saturated heterocycles. The summed E-state index contributed by atoms with van der Waals surface area (Å²) in [4.78, 5) is 2.55. The highest BCUT2D eigenvalue weighted by Crippen LogP contribution is 2.62. The van der Waals surface area contributed by atoms with Crippen LogP contribution in [0.4, 0.5) is 0 Å². The average molecular weight is 625 g/mol. The fourth-order valence-corrected chi connectivity index (χ4v) is 11.0. The van der Waals surface area contributed by atoms with Gasteiger partial charge in [-0.1, -0.05) is 68.3 Å². The molecule has 9 atom stereocenters. The maximum Gasteiger partial charge on any atom is 0.211 e. The van der Waals surface area contributed by atoms with E-state index in [2.05, 4.69) is 43.4 Å². The number of likely N-dealkylation sites (tertiary alicyclic amines) is 1. The van der Waals surface area contributed by atoms with Gasteiger partial charge in [0.05, 0.1) is 24.6 Å². The molecule has 5 aliphatic rings. The van der Waals surface area contributed by atoms with E-state index < -0.39 is 10.0 Å². The molecule has 0 bridgehead atoms. The average Bonchev–Trinajstić information content (AvgIpc) is 3.38. The van der Waals surface area contributed by atoms with E-state index in [1.807, 2.05) is 30.3 Å². The Balaban J connectivity index is 1.13. The maximum atomic E-state index is 12.8. The van der Waals surface area contributed by atoms with E-state index in [0.29, 0.717) is 55.2 Å². The second-order valence-corrected chi connectivity index (χ2v) is 17.3. The second-order valence-electron chi connectivity index (χ2n) is 15.3. The lowest BCUT2D eigenvalue weighted by atomic mass is 9.56. The number of sulfonamides is 1. The molecule has 2 N–H and O–H groups in total. The van der Waals surface area contributed by atoms with E-state index in [9.17, 15) is 13.5 Å². The van der Waals surface area contributed by atoms with E-state index in [1.54, 1.807) is 5.57 Å². The van der Waals surface area contributed by atoms with Gasteiger partial charge >= 0.3 is 0 Å². The van der Waals surface area contributed by atoms with Gasteiger partial charge in [0.25, 0.3) is 0 Å². The van der Waals surface area contributed by atoms with Gasteiger partial charge in [0.15, 0.2) is 0 Å². The van der Waals surface area contributed by atoms with Crippen LogP contribution in [0, 0.1) is 35.0 Å². The van der Waals surface area contributed by atoms with Crippen molar-refractivity contribution >= 4 is 10.0 Å². The first kappa shape index (κ1) is 32.4. The molecule has 2 heterocycles. The van der Waals surface area contributed by atoms with E-state index in [0.717, 1.165) is 50.8 Å². The summed E-state index contributed by atoms with van der Waals surface area (Å²) in [5.41, 5.74) is 5.93. The first-order valence-corrected chi connectivity index (χ1v) is 19.1. The Morgan fingerprint density at radius 1 is 1.11 bits per heavy atom. The maximum absolute atomic E-state index is 12.8. The third-order valence-electron chi connectivity index (χ3n) is 12.3. The van der Waals surface area contributed by atoms with Gasteiger partial charge in [-0.3, -0.25) is 4.90 Å². The van der Waals surface area contributed by atoms with Gasteiger partial charge in [0.1, 0.15) is 0 Å². The highest BCUT2D eigenvalue weighted by molar-refractivity contribution is 7.89. The molecule has 2 saturated carbocycles. The Bertz CT molecular complexity index is 1330. The summed E-state index contributed by atoms with van der Waals surface area (Å²) in [6, 6.07) is 10.2. The van der Waals surface area contributed by atoms with Gasteiger partial charge in [-0.25, -0.2) is 13.1 Å². The summed E-state index contributed by atoms with van der Waals surface area (Å²) >= 11 is 0. The van der Waals surface area contributed by atoms with Crippen LogP contribution in [-0.4, -0.2) is 68.7 Å². The Hall–Kier alpha value is -1.51. The van der Waals surface area contributed by atoms with Crippen molar-refractivity contribution < 1.29 is 18.3 Å². The number of nitrogens with one attached hydrogen (secondary N) is 1. The molecule has 0 radical (unpaired) electrons. The lowest BCUT2D eigenvalue weighted by molar-refractivity contribution is -0.0714. The fourth-order valence-electron chi connectivity index (χ4n) is 9.97. The third-order valence-corrected chi connectivity index (χ3v) is 13.7. The molecule has 3 aliphatic carbocycles. The largest absolute Gasteiger partial charge is 0.393 e. The molecule has 0 amide bonds. The number of aryl methyl sites for hydroxylation is 1. The number of aliphatic hydroxyl groups is 1. The molecule has 44 heavy (non-hydrogen) atoms. The second kappa shape index (κ2) is 13.3. The molecule has 9 unspecified atom stereocenters. The van der Waals surface area contributed by atoms with Crippen LogP contribution in [0.25, 0.3) is 0 Å². The molecule has 1 aromatic rings. The zero-order chi connectivity index (χ0) is 31.1. The minimum absolute atomic E-state index is 0.118. The molecule has 3 fully saturated rings. The van der Waals surface area contributed by atoms with Gasteiger partial charge in [-0.05, 0) is 111 Å². The lowest BCUT2D eigenvalue weighted by Crippen LogP contribution is -2.56. The zero-order valence-corrected chi connectivity index (χ0v) is 28.3. The molecule has 1 aromatic carbocycles. The number of hydrogen-bond donors (Lipinski definition) is 2. The molecule has 2 aliphatic heterocycles. The van der Waals surface area contributed by atoms with Crippen molar-refractivity contribution in [1.82, 2.24) is 9.62 Å². The number of hydrogen-bond acceptors (Lipinski definition) is 5. The molecule has 6 nitrogen and oxygen atoms in total. The van der Waals surface area contributed by atoms with Crippen LogP contribution in [0.3, 0.4) is 0 Å². The predicted molar refractivity (Wildman–Crippen MR) is 178 cm³/mol. The molecular formula is C37H56N2O4S. The van der Waals surface area contributed by atoms with Gasteiger partial charge in [0.2, 0.25) is 10.0 Å². The van der Waals surface area contributed by atoms with E-state index >= 15 is 0 Å². The van der Waals surface area contributed by atoms with Crippen molar-refractivity contribution in [2.75, 3.05) is 32.0 Å². The number of allylic oxidation sites excluding steroid dienone is 2. The Kier molecular flexibility index (Phi) is 9.81. The van der Waals surface area contributed by atoms with Crippen molar-refractivity contribution in [3.05, 3.63) is 58.7 Å². The molecule has 7 heteroatoms. The predicted octanol–water partition coefficient (Wildman–Crippen LogP) is 6.12. The standard InChI is InChI=1S/C37H56N2O4S/c1-25-20-35-36(39(23-25)18-17-38-44(41,42)19-15-28-8-6-5-7-9-28)26(2)10-12-31-32-13-11-29-21-30(40)14-16-37(29,4)34(32)22-33(31)27(3)24-43-35/h5-9,11,25-26,30-32,34-36,38,40H,10,12-24H2,1-4H3. The van der Waals surface area contributed by atoms with Gasteiger partial charge < -0.3 is 9.84 Å². The fraction of sp³-hybridized carbons (Fsp3) is 0.730. The van der Waals surface area contributed by atoms with Gasteiger partial charge in [-0.15, -0.1) is 0 Å². The van der Waals surface area contributed by atoms with Crippen molar-refractivity contribution in [3.8, 4) is 0 Å². The Labute approximate surface area is 266 Å². The minimum Gasteiger partial charge on any atom is -0.393 e. The zero-order valence-electron chi connectivity index (χ0n) is 27.5. The highest BCUT2D eigenvalue weighted by Gasteiger charge is 2.53. The minimum atomic E-state index is -3.34. The van der Waals surface area contributed by atoms with Gasteiger partial charge in [0, 0.05) is 25.7 Å². The number of piperidine rings is 1. The Morgan fingerprint density at radius 2 is 1.91 bits per heavy atom. The van der Waals surface area contributed by atoms with Crippen LogP contribution in [0.15, 0.2) is 53.1 Å². The summed E-state index contributed by atoms with van der Waals surface area (Å²) in [7, 11) is -3.34. The number of ether oxygens (including phenoxy) is 1. The quantitative estimate of drug-likeness (QED) is 0.357.